The van der Waals surface area contributed by atoms with E-state index in [0.717, 1.165) is 10.2 Å². The van der Waals surface area contributed by atoms with E-state index in [1.807, 2.05) is 6.07 Å². The number of amides is 1. The van der Waals surface area contributed by atoms with Crippen molar-refractivity contribution in [3.8, 4) is 5.75 Å². The second-order valence-electron chi connectivity index (χ2n) is 5.48. The van der Waals surface area contributed by atoms with E-state index in [9.17, 15) is 9.59 Å². The fourth-order valence-corrected chi connectivity index (χ4v) is 3.41. The average molecular weight is 383 g/mol. The second kappa shape index (κ2) is 7.04. The van der Waals surface area contributed by atoms with Crippen LogP contribution in [-0.4, -0.2) is 35.6 Å². The number of nitrogens with zero attached hydrogens (tertiary/aromatic N) is 2. The van der Waals surface area contributed by atoms with Crippen LogP contribution in [0.1, 0.15) is 10.4 Å². The fourth-order valence-electron chi connectivity index (χ4n) is 2.50. The molecule has 0 bridgehead atoms. The molecule has 136 valence electrons. The molecule has 8 nitrogen and oxygen atoms in total. The topological polar surface area (TPSA) is 104 Å². The third-order valence-corrected chi connectivity index (χ3v) is 4.69. The lowest BCUT2D eigenvalue weighted by atomic mass is 10.2. The molecule has 0 saturated heterocycles. The molecular weight excluding hydrogens is 370 g/mol. The lowest BCUT2D eigenvalue weighted by Crippen LogP contribution is -2.21. The van der Waals surface area contributed by atoms with Gasteiger partial charge in [-0.25, -0.2) is 14.8 Å². The molecule has 4 aromatic rings. The standard InChI is InChI=1S/C18H13N3O5S/c1-24-10-5-6-12-14(7-10)27-18(20-12)21-15(22)8-25-17(23)11-3-2-4-13-16(11)19-9-26-13/h2-7,9H,8H2,1H3,(H,20,21,22). The molecule has 2 heterocycles. The third kappa shape index (κ3) is 3.44. The number of ether oxygens (including phenoxy) is 2. The van der Waals surface area contributed by atoms with Crippen LogP contribution in [0.3, 0.4) is 0 Å². The van der Waals surface area contributed by atoms with Gasteiger partial charge in [-0.05, 0) is 30.3 Å². The summed E-state index contributed by atoms with van der Waals surface area (Å²) in [6, 6.07) is 10.3. The molecule has 0 spiro atoms. The van der Waals surface area contributed by atoms with Crippen LogP contribution < -0.4 is 10.1 Å². The van der Waals surface area contributed by atoms with Gasteiger partial charge in [0, 0.05) is 0 Å². The molecule has 0 fully saturated rings. The van der Waals surface area contributed by atoms with Crippen molar-refractivity contribution in [3.05, 3.63) is 48.4 Å². The number of nitrogens with one attached hydrogen (secondary N) is 1. The maximum Gasteiger partial charge on any atom is 0.340 e. The van der Waals surface area contributed by atoms with Crippen molar-refractivity contribution in [1.29, 1.82) is 0 Å². The minimum Gasteiger partial charge on any atom is -0.497 e. The number of esters is 1. The fraction of sp³-hybridized carbons (Fsp3) is 0.111. The first-order chi connectivity index (χ1) is 13.1. The second-order valence-corrected chi connectivity index (χ2v) is 6.51. The lowest BCUT2D eigenvalue weighted by Gasteiger charge is -2.04. The van der Waals surface area contributed by atoms with Gasteiger partial charge in [0.2, 0.25) is 0 Å². The van der Waals surface area contributed by atoms with Crippen LogP contribution in [0.2, 0.25) is 0 Å². The molecule has 2 aromatic heterocycles. The quantitative estimate of drug-likeness (QED) is 0.528. The summed E-state index contributed by atoms with van der Waals surface area (Å²) in [6.45, 7) is -0.438. The van der Waals surface area contributed by atoms with Gasteiger partial charge in [0.05, 0.1) is 22.9 Å². The van der Waals surface area contributed by atoms with Gasteiger partial charge in [-0.3, -0.25) is 10.1 Å². The molecule has 0 unspecified atom stereocenters. The highest BCUT2D eigenvalue weighted by Gasteiger charge is 2.16. The number of carbonyl (C=O) groups excluding carboxylic acids is 2. The molecule has 2 aromatic carbocycles. The van der Waals surface area contributed by atoms with Gasteiger partial charge >= 0.3 is 5.97 Å². The Morgan fingerprint density at radius 3 is 3.00 bits per heavy atom. The summed E-state index contributed by atoms with van der Waals surface area (Å²) in [5.74, 6) is -0.430. The van der Waals surface area contributed by atoms with E-state index in [2.05, 4.69) is 15.3 Å². The van der Waals surface area contributed by atoms with Gasteiger partial charge in [-0.1, -0.05) is 17.4 Å². The first-order valence-electron chi connectivity index (χ1n) is 7.88. The molecule has 0 aliphatic rings. The van der Waals surface area contributed by atoms with Crippen molar-refractivity contribution in [2.45, 2.75) is 0 Å². The number of oxazole rings is 1. The number of rotatable bonds is 5. The molecule has 0 aliphatic heterocycles. The van der Waals surface area contributed by atoms with Crippen LogP contribution in [-0.2, 0) is 9.53 Å². The van der Waals surface area contributed by atoms with Gasteiger partial charge in [0.1, 0.15) is 11.3 Å². The third-order valence-electron chi connectivity index (χ3n) is 3.76. The number of benzene rings is 2. The zero-order valence-corrected chi connectivity index (χ0v) is 14.9. The number of methoxy groups -OCH3 is 1. The number of hydrogen-bond acceptors (Lipinski definition) is 8. The number of aromatic nitrogens is 2. The van der Waals surface area contributed by atoms with Crippen molar-refractivity contribution in [1.82, 2.24) is 9.97 Å². The van der Waals surface area contributed by atoms with Crippen molar-refractivity contribution in [2.24, 2.45) is 0 Å². The van der Waals surface area contributed by atoms with E-state index in [1.165, 1.54) is 17.7 Å². The number of thiazole rings is 1. The van der Waals surface area contributed by atoms with Gasteiger partial charge in [0.15, 0.2) is 23.7 Å². The summed E-state index contributed by atoms with van der Waals surface area (Å²) in [4.78, 5) is 32.6. The van der Waals surface area contributed by atoms with E-state index in [1.54, 1.807) is 37.4 Å². The predicted molar refractivity (Wildman–Crippen MR) is 99.1 cm³/mol. The summed E-state index contributed by atoms with van der Waals surface area (Å²) in [5, 5.41) is 3.04. The van der Waals surface area contributed by atoms with Crippen LogP contribution in [0, 0.1) is 0 Å². The number of hydrogen-bond donors (Lipinski definition) is 1. The first kappa shape index (κ1) is 17.0. The summed E-state index contributed by atoms with van der Waals surface area (Å²) >= 11 is 1.30. The van der Waals surface area contributed by atoms with E-state index in [0.29, 0.717) is 22.0 Å². The zero-order valence-electron chi connectivity index (χ0n) is 14.1. The van der Waals surface area contributed by atoms with Crippen LogP contribution >= 0.6 is 11.3 Å². The van der Waals surface area contributed by atoms with Crippen molar-refractivity contribution in [3.63, 3.8) is 0 Å². The summed E-state index contributed by atoms with van der Waals surface area (Å²) in [6.07, 6.45) is 1.25. The van der Waals surface area contributed by atoms with Gasteiger partial charge < -0.3 is 13.9 Å². The SMILES string of the molecule is COc1ccc2nc(NC(=O)COC(=O)c3cccc4ocnc34)sc2c1. The van der Waals surface area contributed by atoms with Gasteiger partial charge in [0.25, 0.3) is 5.91 Å². The average Bonchev–Trinajstić information content (AvgIpc) is 3.31. The van der Waals surface area contributed by atoms with Gasteiger partial charge in [-0.15, -0.1) is 0 Å². The molecular formula is C18H13N3O5S. The van der Waals surface area contributed by atoms with Crippen LogP contribution in [0.15, 0.2) is 47.2 Å². The Morgan fingerprint density at radius 2 is 2.15 bits per heavy atom. The molecule has 0 radical (unpaired) electrons. The Balaban J connectivity index is 1.41. The maximum absolute atomic E-state index is 12.2. The summed E-state index contributed by atoms with van der Waals surface area (Å²) in [7, 11) is 1.58. The molecule has 1 N–H and O–H groups in total. The van der Waals surface area contributed by atoms with Crippen molar-refractivity contribution < 1.29 is 23.5 Å². The highest BCUT2D eigenvalue weighted by molar-refractivity contribution is 7.22. The largest absolute Gasteiger partial charge is 0.497 e. The highest BCUT2D eigenvalue weighted by Crippen LogP contribution is 2.29. The molecule has 1 amide bonds. The number of fused-ring (bicyclic) bond motifs is 2. The number of anilines is 1. The lowest BCUT2D eigenvalue weighted by molar-refractivity contribution is -0.119. The predicted octanol–water partition coefficient (Wildman–Crippen LogP) is 3.24. The zero-order chi connectivity index (χ0) is 18.8. The Hall–Kier alpha value is -3.46. The molecule has 0 aliphatic carbocycles. The maximum atomic E-state index is 12.2. The molecule has 9 heteroatoms. The summed E-state index contributed by atoms with van der Waals surface area (Å²) in [5.41, 5.74) is 1.84. The summed E-state index contributed by atoms with van der Waals surface area (Å²) < 4.78 is 16.3. The first-order valence-corrected chi connectivity index (χ1v) is 8.69. The normalized spacial score (nSPS) is 10.9. The van der Waals surface area contributed by atoms with E-state index in [4.69, 9.17) is 13.9 Å². The minimum absolute atomic E-state index is 0.237. The number of para-hydroxylation sites is 1. The molecule has 0 saturated carbocycles. The van der Waals surface area contributed by atoms with Crippen LogP contribution in [0.25, 0.3) is 21.3 Å². The van der Waals surface area contributed by atoms with E-state index >= 15 is 0 Å². The molecule has 0 atom stereocenters. The highest BCUT2D eigenvalue weighted by atomic mass is 32.1. The minimum atomic E-state index is -0.654. The smallest absolute Gasteiger partial charge is 0.340 e. The molecule has 4 rings (SSSR count). The van der Waals surface area contributed by atoms with Crippen LogP contribution in [0.4, 0.5) is 5.13 Å². The van der Waals surface area contributed by atoms with Crippen molar-refractivity contribution >= 4 is 49.7 Å². The van der Waals surface area contributed by atoms with Crippen molar-refractivity contribution in [2.75, 3.05) is 19.0 Å². The number of carbonyl (C=O) groups is 2. The molecule has 27 heavy (non-hydrogen) atoms. The Labute approximate surface area is 156 Å². The van der Waals surface area contributed by atoms with E-state index < -0.39 is 18.5 Å². The Bertz CT molecular complexity index is 1150. The van der Waals surface area contributed by atoms with Gasteiger partial charge in [-0.2, -0.15) is 0 Å². The van der Waals surface area contributed by atoms with Crippen LogP contribution in [0.5, 0.6) is 5.75 Å². The van der Waals surface area contributed by atoms with E-state index in [-0.39, 0.29) is 5.56 Å². The monoisotopic (exact) mass is 383 g/mol. The Morgan fingerprint density at radius 1 is 1.26 bits per heavy atom. The Kier molecular flexibility index (Phi) is 4.43.